The van der Waals surface area contributed by atoms with Crippen LogP contribution in [0.5, 0.6) is 5.75 Å². The summed E-state index contributed by atoms with van der Waals surface area (Å²) in [4.78, 5) is 112. The van der Waals surface area contributed by atoms with Crippen LogP contribution in [0.1, 0.15) is 159 Å². The fraction of sp³-hybridized carbons (Fsp3) is 0.552. The molecule has 0 spiro atoms. The summed E-state index contributed by atoms with van der Waals surface area (Å²) in [6.45, 7) is 4.59. The van der Waals surface area contributed by atoms with Crippen LogP contribution in [0.2, 0.25) is 0 Å². The number of fused-ring (bicyclic) bond motifs is 2. The maximum Gasteiger partial charge on any atom is 0.251 e. The second-order valence-electron chi connectivity index (χ2n) is 21.1. The summed E-state index contributed by atoms with van der Waals surface area (Å²) in [6.07, 6.45) is 10.2. The van der Waals surface area contributed by atoms with Crippen LogP contribution in [-0.4, -0.2) is 139 Å². The molecule has 4 aliphatic rings. The minimum Gasteiger partial charge on any atom is -0.508 e. The van der Waals surface area contributed by atoms with Gasteiger partial charge in [-0.15, -0.1) is 0 Å². The molecule has 2 fully saturated rings. The molecule has 2 saturated heterocycles. The van der Waals surface area contributed by atoms with Crippen molar-refractivity contribution in [2.24, 2.45) is 0 Å². The zero-order valence-electron chi connectivity index (χ0n) is 45.2. The number of amides is 8. The fourth-order valence-corrected chi connectivity index (χ4v) is 11.1. The molecule has 0 unspecified atom stereocenters. The third-order valence-corrected chi connectivity index (χ3v) is 15.8. The molecule has 2 aliphatic carbocycles. The number of hydrogen-bond acceptors (Lipinski definition) is 11. The van der Waals surface area contributed by atoms with Gasteiger partial charge in [0.15, 0.2) is 0 Å². The molecule has 2 heterocycles. The number of phenolic OH excluding ortho intramolecular Hbond substituents is 1. The summed E-state index contributed by atoms with van der Waals surface area (Å²) in [5, 5.41) is 34.2. The molecular weight excluding hydrogens is 981 g/mol. The fourth-order valence-electron chi connectivity index (χ4n) is 11.1. The zero-order chi connectivity index (χ0) is 55.0. The lowest BCUT2D eigenvalue weighted by atomic mass is 9.87. The van der Waals surface area contributed by atoms with E-state index in [-0.39, 0.29) is 90.3 Å². The quantitative estimate of drug-likeness (QED) is 0.0584. The van der Waals surface area contributed by atoms with Crippen molar-refractivity contribution in [3.8, 4) is 5.75 Å². The standard InChI is InChI=1S/C58H80N10O9/c1-36(59-3)51(70)65-47(57(76)67-31-15-27-49(67)55(74)63-45-25-13-19-38-17-5-7-21-43(38)45)23-9-11-29-61-53(72)40-33-41(35-42(69)34-40)54(73)62-30-12-10-24-48(66-52(71)37(2)60-4)58(77)68-32-16-28-50(68)56(75)64-46-26-14-20-39-18-6-8-22-44(39)46/h5-8,17-18,21-22,33-37,45-50,59-60,69H,9-16,19-20,23-32H2,1-4H3,(H,61,72)(H,62,73)(H,63,74)(H,64,75)(H,65,70)(H,66,71)/t36-,37-,45+,46+,47-,48-,49-,50-/m0/s1. The Morgan fingerprint density at radius 2 is 0.974 bits per heavy atom. The Morgan fingerprint density at radius 1 is 0.558 bits per heavy atom. The molecule has 19 heteroatoms. The Kier molecular flexibility index (Phi) is 21.0. The molecule has 7 rings (SSSR count). The summed E-state index contributed by atoms with van der Waals surface area (Å²) >= 11 is 0. The number of benzene rings is 3. The maximum absolute atomic E-state index is 14.2. The number of rotatable bonds is 24. The molecule has 3 aromatic carbocycles. The Hall–Kier alpha value is -6.86. The number of carbonyl (C=O) groups excluding carboxylic acids is 8. The highest BCUT2D eigenvalue weighted by molar-refractivity contribution is 6.00. The zero-order valence-corrected chi connectivity index (χ0v) is 45.2. The molecular formula is C58H80N10O9. The molecule has 0 radical (unpaired) electrons. The van der Waals surface area contributed by atoms with E-state index in [2.05, 4.69) is 54.7 Å². The Labute approximate surface area is 452 Å². The van der Waals surface area contributed by atoms with Crippen LogP contribution in [0.4, 0.5) is 0 Å². The van der Waals surface area contributed by atoms with Crippen molar-refractivity contribution in [3.63, 3.8) is 0 Å². The van der Waals surface area contributed by atoms with Crippen molar-refractivity contribution < 1.29 is 43.5 Å². The predicted octanol–water partition coefficient (Wildman–Crippen LogP) is 3.75. The molecule has 416 valence electrons. The van der Waals surface area contributed by atoms with Gasteiger partial charge in [-0.2, -0.15) is 0 Å². The van der Waals surface area contributed by atoms with E-state index < -0.39 is 48.1 Å². The molecule has 19 nitrogen and oxygen atoms in total. The van der Waals surface area contributed by atoms with Gasteiger partial charge in [-0.25, -0.2) is 0 Å². The normalized spacial score (nSPS) is 20.3. The number of aromatic hydroxyl groups is 1. The Morgan fingerprint density at radius 3 is 1.39 bits per heavy atom. The number of carbonyl (C=O) groups is 8. The van der Waals surface area contributed by atoms with Crippen molar-refractivity contribution in [1.29, 1.82) is 0 Å². The molecule has 0 bridgehead atoms. The lowest BCUT2D eigenvalue weighted by Gasteiger charge is -2.32. The molecule has 8 atom stereocenters. The van der Waals surface area contributed by atoms with Gasteiger partial charge in [0.05, 0.1) is 24.2 Å². The number of nitrogens with zero attached hydrogens (tertiary/aromatic N) is 2. The molecule has 77 heavy (non-hydrogen) atoms. The van der Waals surface area contributed by atoms with E-state index in [1.54, 1.807) is 37.7 Å². The van der Waals surface area contributed by atoms with Crippen LogP contribution in [0.3, 0.4) is 0 Å². The third kappa shape index (κ3) is 15.2. The van der Waals surface area contributed by atoms with Crippen LogP contribution in [0.25, 0.3) is 0 Å². The third-order valence-electron chi connectivity index (χ3n) is 15.8. The number of unbranched alkanes of at least 4 members (excludes halogenated alkanes) is 2. The average molecular weight is 1060 g/mol. The highest BCUT2D eigenvalue weighted by Crippen LogP contribution is 2.32. The van der Waals surface area contributed by atoms with Gasteiger partial charge in [0.2, 0.25) is 35.4 Å². The molecule has 3 aromatic rings. The second kappa shape index (κ2) is 28.0. The van der Waals surface area contributed by atoms with E-state index in [1.165, 1.54) is 29.3 Å². The molecule has 2 aliphatic heterocycles. The van der Waals surface area contributed by atoms with Gasteiger partial charge >= 0.3 is 0 Å². The minimum atomic E-state index is -0.894. The number of likely N-dealkylation sites (tertiary alicyclic amines) is 2. The average Bonchev–Trinajstić information content (AvgIpc) is 4.16. The summed E-state index contributed by atoms with van der Waals surface area (Å²) in [7, 11) is 3.31. The summed E-state index contributed by atoms with van der Waals surface area (Å²) in [5.74, 6) is -3.06. The summed E-state index contributed by atoms with van der Waals surface area (Å²) in [6, 6.07) is 15.7. The van der Waals surface area contributed by atoms with Gasteiger partial charge < -0.3 is 57.4 Å². The molecule has 8 amide bonds. The van der Waals surface area contributed by atoms with Crippen molar-refractivity contribution in [2.75, 3.05) is 40.3 Å². The van der Waals surface area contributed by atoms with E-state index in [9.17, 15) is 43.5 Å². The summed E-state index contributed by atoms with van der Waals surface area (Å²) in [5.41, 5.74) is 4.80. The van der Waals surface area contributed by atoms with Crippen molar-refractivity contribution in [3.05, 3.63) is 100 Å². The van der Waals surface area contributed by atoms with Crippen molar-refractivity contribution >= 4 is 47.3 Å². The number of hydrogen-bond donors (Lipinski definition) is 9. The topological polar surface area (TPSA) is 260 Å². The lowest BCUT2D eigenvalue weighted by Crippen LogP contribution is -2.55. The summed E-state index contributed by atoms with van der Waals surface area (Å²) < 4.78 is 0. The van der Waals surface area contributed by atoms with Crippen LogP contribution in [-0.2, 0) is 41.6 Å². The predicted molar refractivity (Wildman–Crippen MR) is 291 cm³/mol. The van der Waals surface area contributed by atoms with Gasteiger partial charge in [0.25, 0.3) is 11.8 Å². The number of nitrogens with one attached hydrogen (secondary N) is 8. The first-order valence-electron chi connectivity index (χ1n) is 27.9. The van der Waals surface area contributed by atoms with Crippen LogP contribution in [0.15, 0.2) is 66.7 Å². The monoisotopic (exact) mass is 1060 g/mol. The van der Waals surface area contributed by atoms with Gasteiger partial charge in [0.1, 0.15) is 29.9 Å². The Bertz CT molecular complexity index is 2420. The second-order valence-corrected chi connectivity index (χ2v) is 21.1. The first-order chi connectivity index (χ1) is 37.2. The first-order valence-corrected chi connectivity index (χ1v) is 27.9. The molecule has 0 saturated carbocycles. The van der Waals surface area contributed by atoms with Crippen LogP contribution >= 0.6 is 0 Å². The highest BCUT2D eigenvalue weighted by atomic mass is 16.3. The van der Waals surface area contributed by atoms with Gasteiger partial charge in [-0.1, -0.05) is 48.5 Å². The van der Waals surface area contributed by atoms with Gasteiger partial charge in [-0.3, -0.25) is 38.4 Å². The number of aryl methyl sites for hydroxylation is 2. The van der Waals surface area contributed by atoms with E-state index in [0.717, 1.165) is 49.7 Å². The first kappa shape index (κ1) is 57.8. The van der Waals surface area contributed by atoms with Gasteiger partial charge in [0, 0.05) is 37.3 Å². The molecule has 0 aromatic heterocycles. The smallest absolute Gasteiger partial charge is 0.251 e. The van der Waals surface area contributed by atoms with E-state index >= 15 is 0 Å². The van der Waals surface area contributed by atoms with Crippen molar-refractivity contribution in [1.82, 2.24) is 52.3 Å². The molecule has 9 N–H and O–H groups in total. The number of phenols is 1. The largest absolute Gasteiger partial charge is 0.508 e. The van der Waals surface area contributed by atoms with Crippen LogP contribution < -0.4 is 42.5 Å². The highest BCUT2D eigenvalue weighted by Gasteiger charge is 2.41. The van der Waals surface area contributed by atoms with Crippen LogP contribution in [0, 0.1) is 0 Å². The van der Waals surface area contributed by atoms with E-state index in [4.69, 9.17) is 0 Å². The van der Waals surface area contributed by atoms with Gasteiger partial charge in [-0.05, 0) is 171 Å². The SMILES string of the molecule is CN[C@@H](C)C(=O)N[C@@H](CCCCNC(=O)c1cc(O)cc(C(=O)NCCCC[C@H](NC(=O)[C@H](C)NC)C(=O)N2CCC[C@H]2C(=O)N[C@@H]2CCCc3ccccc32)c1)C(=O)N1CCC[C@H]1C(=O)N[C@@H]1CCCc2ccccc21. The Balaban J connectivity index is 0.876. The lowest BCUT2D eigenvalue weighted by molar-refractivity contribution is -0.142. The maximum atomic E-state index is 14.2. The van der Waals surface area contributed by atoms with E-state index in [0.29, 0.717) is 64.5 Å². The number of likely N-dealkylation sites (N-methyl/N-ethyl adjacent to an activating group) is 2. The van der Waals surface area contributed by atoms with E-state index in [1.807, 2.05) is 36.4 Å². The van der Waals surface area contributed by atoms with Crippen molar-refractivity contribution in [2.45, 2.75) is 165 Å². The minimum absolute atomic E-state index is 0.0666.